The van der Waals surface area contributed by atoms with E-state index in [-0.39, 0.29) is 25.7 Å². The van der Waals surface area contributed by atoms with Gasteiger partial charge >= 0.3 is 7.12 Å². The Balaban J connectivity index is 0.000000180. The zero-order valence-electron chi connectivity index (χ0n) is 72.5. The average Bonchev–Trinajstić information content (AvgIpc) is 1.18. The van der Waals surface area contributed by atoms with E-state index in [4.69, 9.17) is 19.3 Å². The van der Waals surface area contributed by atoms with Crippen molar-refractivity contribution >= 4 is 286 Å². The van der Waals surface area contributed by atoms with E-state index in [1.807, 2.05) is 0 Å². The number of hydrogen-bond acceptors (Lipinski definition) is 8. The van der Waals surface area contributed by atoms with Crippen molar-refractivity contribution in [2.24, 2.45) is 0 Å². The molecule has 0 amide bonds. The first-order chi connectivity index (χ1) is 65.6. The fraction of sp³-hybridized carbons (Fsp3) is 0.0579. The summed E-state index contributed by atoms with van der Waals surface area (Å²) in [5, 5.41) is 44.4. The normalized spacial score (nSPS) is 13.5. The molecule has 1 saturated heterocycles. The smallest absolute Gasteiger partial charge is 0.399 e. The van der Waals surface area contributed by atoms with Gasteiger partial charge in [-0.1, -0.05) is 335 Å². The molecule has 1 aliphatic rings. The van der Waals surface area contributed by atoms with Crippen LogP contribution < -0.4 is 5.46 Å². The van der Waals surface area contributed by atoms with Gasteiger partial charge in [0.25, 0.3) is 0 Å². The predicted molar refractivity (Wildman–Crippen MR) is 587 cm³/mol. The molecule has 0 bridgehead atoms. The van der Waals surface area contributed by atoms with Gasteiger partial charge in [0.1, 0.15) is 25.3 Å². The summed E-state index contributed by atoms with van der Waals surface area (Å²) in [5.41, 5.74) is 13.4. The van der Waals surface area contributed by atoms with Crippen molar-refractivity contribution in [3.63, 3.8) is 0 Å². The van der Waals surface area contributed by atoms with Crippen LogP contribution in [0.15, 0.2) is 375 Å². The molecule has 0 spiro atoms. The van der Waals surface area contributed by atoms with Gasteiger partial charge in [-0.25, -0.2) is 29.9 Å². The fourth-order valence-electron chi connectivity index (χ4n) is 22.6. The first-order valence-electron chi connectivity index (χ1n) is 44.9. The maximum atomic E-state index is 6.32. The highest BCUT2D eigenvalue weighted by molar-refractivity contribution is 9.15. The standard InChI is InChI=1S/C89H47N3.C22H21BO2.C9H2Br5N3.CH4/c1-6-48-16-21-58-31-41-68(63-36-26-53(11-1)73(48)78(58)63)83-84(69-42-32-59-22-17-49-7-2-12-54-27-37-64(69)79(59)74(49)54)86(71-44-34-61-24-19-51-9-4-14-56-29-39-66(71)81(61)76(51)56)88(89-91-46-90-47-92-89)87(72-45-35-62-25-20-52-10-5-15-57-30-40-67(72)82(62)77(52)57)85(83)70-43-33-60-23-18-50-8-3-13-55-28-38-65(70)80(60)75(50)55;1-21(2)22(3,4)25-23(24-21)18-13-11-16-9-8-14-6-5-7-15-10-12-17(18)20(16)19(14)15;10-4-3(9-16-1-15-2-17-9)5(11)7(13)8(14)6(4)12;/h1-47H;5-13H,1-4H3;1-2H;1H4. The summed E-state index contributed by atoms with van der Waals surface area (Å²) >= 11 is 17.5. The third-order valence-electron chi connectivity index (χ3n) is 29.2. The summed E-state index contributed by atoms with van der Waals surface area (Å²) in [6.07, 6.45) is 6.32. The molecule has 26 aromatic carbocycles. The van der Waals surface area contributed by atoms with Crippen LogP contribution >= 0.6 is 79.6 Å². The number of nitrogens with zero attached hydrogens (tertiary/aromatic N) is 6. The van der Waals surface area contributed by atoms with E-state index in [1.54, 1.807) is 12.7 Å². The van der Waals surface area contributed by atoms with E-state index in [1.165, 1.54) is 207 Å². The first kappa shape index (κ1) is 82.1. The quantitative estimate of drug-likeness (QED) is 0.0643. The van der Waals surface area contributed by atoms with Crippen molar-refractivity contribution in [1.82, 2.24) is 29.9 Å². The molecule has 28 aromatic rings. The van der Waals surface area contributed by atoms with Crippen molar-refractivity contribution in [1.29, 1.82) is 0 Å². The third-order valence-corrected chi connectivity index (χ3v) is 35.3. The number of hydrogen-bond donors (Lipinski definition) is 0. The Labute approximate surface area is 817 Å². The van der Waals surface area contributed by atoms with Crippen LogP contribution in [0.1, 0.15) is 35.1 Å². The molecule has 638 valence electrons. The van der Waals surface area contributed by atoms with Crippen LogP contribution in [0.3, 0.4) is 0 Å². The second kappa shape index (κ2) is 31.0. The van der Waals surface area contributed by atoms with E-state index in [2.05, 4.69) is 455 Å². The highest BCUT2D eigenvalue weighted by Gasteiger charge is 2.52. The lowest BCUT2D eigenvalue weighted by Gasteiger charge is -2.32. The van der Waals surface area contributed by atoms with Crippen molar-refractivity contribution < 1.29 is 9.31 Å². The lowest BCUT2D eigenvalue weighted by molar-refractivity contribution is 0.00578. The number of rotatable bonds is 8. The summed E-state index contributed by atoms with van der Waals surface area (Å²) in [7, 11) is -0.338. The SMILES string of the molecule is Brc1c(Br)c(Br)c(-c2ncncn2)c(Br)c1Br.C.CC1(C)OB(c2ccc3ccc4cccc5ccc2c3c45)OC1(C)C.c1cc2ccc3ccc(-c4c(-c5ncncn5)c(-c5ccc6ccc7cccc8ccc5c6c78)c(-c5ccc6ccc7cccc8ccc5c6c78)c(-c5ccc6ccc7cccc8ccc5c6c78)c4-c4ccc5ccc6cccc7ccc4c5c67)c4ccc(c1)c2c34. The van der Waals surface area contributed by atoms with E-state index in [9.17, 15) is 0 Å². The lowest BCUT2D eigenvalue weighted by atomic mass is 9.71. The van der Waals surface area contributed by atoms with Gasteiger partial charge in [0, 0.05) is 39.1 Å². The van der Waals surface area contributed by atoms with Gasteiger partial charge in [-0.15, -0.1) is 0 Å². The van der Waals surface area contributed by atoms with E-state index < -0.39 is 0 Å². The van der Waals surface area contributed by atoms with Crippen molar-refractivity contribution in [2.75, 3.05) is 0 Å². The van der Waals surface area contributed by atoms with E-state index in [0.29, 0.717) is 11.6 Å². The van der Waals surface area contributed by atoms with Crippen molar-refractivity contribution in [3.8, 4) is 78.4 Å². The molecule has 29 rings (SSSR count). The van der Waals surface area contributed by atoms with E-state index >= 15 is 0 Å². The first-order valence-corrected chi connectivity index (χ1v) is 48.9. The van der Waals surface area contributed by atoms with Gasteiger partial charge < -0.3 is 9.31 Å². The second-order valence-corrected chi connectivity index (χ2v) is 40.5. The highest BCUT2D eigenvalue weighted by Crippen LogP contribution is 2.62. The fourth-order valence-corrected chi connectivity index (χ4v) is 26.0. The summed E-state index contributed by atoms with van der Waals surface area (Å²) in [6.45, 7) is 8.40. The summed E-state index contributed by atoms with van der Waals surface area (Å²) < 4.78 is 17.1. The molecule has 14 heteroatoms. The summed E-state index contributed by atoms with van der Waals surface area (Å²) in [6, 6.07) is 124. The van der Waals surface area contributed by atoms with Gasteiger partial charge in [-0.05, 0) is 351 Å². The molecule has 0 N–H and O–H groups in total. The highest BCUT2D eigenvalue weighted by atomic mass is 79.9. The Morgan fingerprint density at radius 2 is 0.385 bits per heavy atom. The molecule has 1 fully saturated rings. The van der Waals surface area contributed by atoms with Crippen molar-refractivity contribution in [2.45, 2.75) is 46.3 Å². The zero-order valence-corrected chi connectivity index (χ0v) is 80.4. The predicted octanol–water partition coefficient (Wildman–Crippen LogP) is 35.2. The minimum Gasteiger partial charge on any atom is -0.399 e. The van der Waals surface area contributed by atoms with Gasteiger partial charge in [-0.3, -0.25) is 0 Å². The molecule has 0 unspecified atom stereocenters. The number of aromatic nitrogens is 6. The summed E-state index contributed by atoms with van der Waals surface area (Å²) in [4.78, 5) is 27.6. The van der Waals surface area contributed by atoms with Crippen LogP contribution in [-0.4, -0.2) is 48.2 Å². The molecular formula is C121H74BBr5N6O2. The minimum absolute atomic E-state index is 0. The van der Waals surface area contributed by atoms with Crippen LogP contribution in [0, 0.1) is 0 Å². The van der Waals surface area contributed by atoms with Gasteiger partial charge in [-0.2, -0.15) is 0 Å². The zero-order chi connectivity index (χ0) is 89.6. The molecule has 0 aliphatic carbocycles. The lowest BCUT2D eigenvalue weighted by Crippen LogP contribution is -2.41. The van der Waals surface area contributed by atoms with Crippen LogP contribution in [-0.2, 0) is 9.31 Å². The molecule has 0 radical (unpaired) electrons. The third kappa shape index (κ3) is 12.2. The van der Waals surface area contributed by atoms with Gasteiger partial charge in [0.2, 0.25) is 0 Å². The molecule has 2 aromatic heterocycles. The molecule has 135 heavy (non-hydrogen) atoms. The second-order valence-electron chi connectivity index (χ2n) is 36.6. The Morgan fingerprint density at radius 1 is 0.200 bits per heavy atom. The number of benzene rings is 26. The topological polar surface area (TPSA) is 95.8 Å². The number of halogens is 5. The minimum atomic E-state index is -0.338. The molecule has 0 atom stereocenters. The van der Waals surface area contributed by atoms with Gasteiger partial charge in [0.15, 0.2) is 11.6 Å². The maximum Gasteiger partial charge on any atom is 0.495 e. The Morgan fingerprint density at radius 3 is 0.637 bits per heavy atom. The molecular weight excluding hydrogens is 1980 g/mol. The van der Waals surface area contributed by atoms with Crippen LogP contribution in [0.4, 0.5) is 0 Å². The molecule has 0 saturated carbocycles. The van der Waals surface area contributed by atoms with Crippen molar-refractivity contribution in [3.05, 3.63) is 375 Å². The molecule has 1 aliphatic heterocycles. The molecule has 3 heterocycles. The monoisotopic (exact) mass is 2050 g/mol. The van der Waals surface area contributed by atoms with E-state index in [0.717, 1.165) is 94.6 Å². The van der Waals surface area contributed by atoms with Crippen LogP contribution in [0.2, 0.25) is 0 Å². The van der Waals surface area contributed by atoms with Crippen LogP contribution in [0.5, 0.6) is 0 Å². The maximum absolute atomic E-state index is 6.32. The average molecular weight is 2050 g/mol. The largest absolute Gasteiger partial charge is 0.495 e. The Hall–Kier alpha value is -13.6. The van der Waals surface area contributed by atoms with Gasteiger partial charge in [0.05, 0.1) is 16.8 Å². The van der Waals surface area contributed by atoms with Crippen LogP contribution in [0.25, 0.3) is 272 Å². The Bertz CT molecular complexity index is 9360. The Kier molecular flexibility index (Phi) is 18.8. The summed E-state index contributed by atoms with van der Waals surface area (Å²) in [5.74, 6) is 1.19. The molecule has 8 nitrogen and oxygen atoms in total.